The van der Waals surface area contributed by atoms with Crippen molar-refractivity contribution in [2.75, 3.05) is 38.8 Å². The molecule has 0 saturated heterocycles. The van der Waals surface area contributed by atoms with Crippen molar-refractivity contribution in [3.63, 3.8) is 0 Å². The molecule has 0 bridgehead atoms. The highest BCUT2D eigenvalue weighted by Gasteiger charge is 2.05. The van der Waals surface area contributed by atoms with E-state index in [0.717, 1.165) is 29.3 Å². The number of anilines is 1. The fraction of sp³-hybridized carbons (Fsp3) is 0.462. The minimum atomic E-state index is -0.184. The molecule has 2 N–H and O–H groups in total. The van der Waals surface area contributed by atoms with Gasteiger partial charge in [-0.2, -0.15) is 0 Å². The van der Waals surface area contributed by atoms with Gasteiger partial charge in [-0.3, -0.25) is 0 Å². The van der Waals surface area contributed by atoms with Crippen molar-refractivity contribution in [2.24, 2.45) is 0 Å². The second-order valence-corrected chi connectivity index (χ2v) is 5.34. The summed E-state index contributed by atoms with van der Waals surface area (Å²) in [5.74, 6) is 1.05. The Hall–Kier alpha value is -1.20. The lowest BCUT2D eigenvalue weighted by Crippen LogP contribution is -2.24. The van der Waals surface area contributed by atoms with E-state index in [-0.39, 0.29) is 6.03 Å². The van der Waals surface area contributed by atoms with E-state index in [1.807, 2.05) is 24.3 Å². The molecule has 0 saturated carbocycles. The molecule has 1 aromatic carbocycles. The van der Waals surface area contributed by atoms with Gasteiger partial charge in [0.25, 0.3) is 0 Å². The Bertz CT molecular complexity index is 382. The van der Waals surface area contributed by atoms with Crippen molar-refractivity contribution < 1.29 is 4.79 Å². The number of para-hydroxylation sites is 1. The number of benzene rings is 1. The van der Waals surface area contributed by atoms with Crippen LogP contribution in [0, 0.1) is 0 Å². The zero-order chi connectivity index (χ0) is 13.4. The number of hydrogen-bond donors (Lipinski definition) is 2. The molecule has 0 aliphatic rings. The maximum absolute atomic E-state index is 11.3. The van der Waals surface area contributed by atoms with Crippen LogP contribution in [0.2, 0.25) is 0 Å². The Kier molecular flexibility index (Phi) is 6.60. The fourth-order valence-electron chi connectivity index (χ4n) is 1.44. The van der Waals surface area contributed by atoms with Crippen LogP contribution in [-0.2, 0) is 0 Å². The smallest absolute Gasteiger partial charge is 0.319 e. The topological polar surface area (TPSA) is 44.4 Å². The number of nitrogens with one attached hydrogen (secondary N) is 2. The summed E-state index contributed by atoms with van der Waals surface area (Å²) in [7, 11) is 5.76. The van der Waals surface area contributed by atoms with Crippen LogP contribution < -0.4 is 10.6 Å². The zero-order valence-electron chi connectivity index (χ0n) is 11.2. The summed E-state index contributed by atoms with van der Waals surface area (Å²) in [6.07, 6.45) is 1.13. The quantitative estimate of drug-likeness (QED) is 0.616. The standard InChI is InChI=1S/C13H21N3OS/c1-14-13(17)15-11-7-4-5-8-12(11)18-10-6-9-16(2)3/h4-5,7-8H,6,9-10H2,1-3H3,(H2,14,15,17)/i13+2. The van der Waals surface area contributed by atoms with Gasteiger partial charge in [0.15, 0.2) is 0 Å². The molecule has 4 nitrogen and oxygen atoms in total. The lowest BCUT2D eigenvalue weighted by Gasteiger charge is -2.11. The Morgan fingerprint density at radius 1 is 1.33 bits per heavy atom. The first-order valence-electron chi connectivity index (χ1n) is 5.98. The van der Waals surface area contributed by atoms with Crippen molar-refractivity contribution >= 4 is 23.5 Å². The number of thioether (sulfide) groups is 1. The third-order valence-electron chi connectivity index (χ3n) is 2.37. The van der Waals surface area contributed by atoms with Crippen LogP contribution >= 0.6 is 11.8 Å². The average Bonchev–Trinajstić information content (AvgIpc) is 2.36. The fourth-order valence-corrected chi connectivity index (χ4v) is 2.39. The van der Waals surface area contributed by atoms with Gasteiger partial charge in [0, 0.05) is 11.9 Å². The summed E-state index contributed by atoms with van der Waals surface area (Å²) in [6, 6.07) is 7.68. The lowest BCUT2D eigenvalue weighted by molar-refractivity contribution is 0.254. The van der Waals surface area contributed by atoms with Crippen molar-refractivity contribution in [3.8, 4) is 0 Å². The number of rotatable bonds is 6. The Labute approximate surface area is 113 Å². The molecule has 0 radical (unpaired) electrons. The van der Waals surface area contributed by atoms with Crippen LogP contribution in [0.25, 0.3) is 0 Å². The number of urea groups is 1. The molecule has 0 spiro atoms. The first kappa shape index (κ1) is 14.9. The van der Waals surface area contributed by atoms with Crippen LogP contribution in [-0.4, -0.2) is 44.4 Å². The van der Waals surface area contributed by atoms with E-state index in [1.165, 1.54) is 0 Å². The minimum Gasteiger partial charge on any atom is -0.341 e. The molecule has 0 aliphatic heterocycles. The molecule has 0 atom stereocenters. The average molecular weight is 269 g/mol. The third-order valence-corrected chi connectivity index (χ3v) is 3.53. The molecule has 0 fully saturated rings. The van der Waals surface area contributed by atoms with Crippen LogP contribution in [0.3, 0.4) is 0 Å². The largest absolute Gasteiger partial charge is 0.341 e. The Balaban J connectivity index is 2.51. The van der Waals surface area contributed by atoms with Gasteiger partial charge in [-0.15, -0.1) is 11.8 Å². The highest BCUT2D eigenvalue weighted by molar-refractivity contribution is 7.99. The van der Waals surface area contributed by atoms with Crippen LogP contribution in [0.4, 0.5) is 10.5 Å². The maximum atomic E-state index is 11.3. The summed E-state index contributed by atoms with van der Waals surface area (Å²) in [5, 5.41) is 5.39. The highest BCUT2D eigenvalue weighted by Crippen LogP contribution is 2.27. The normalized spacial score (nSPS) is 10.4. The van der Waals surface area contributed by atoms with Gasteiger partial charge in [-0.1, -0.05) is 12.1 Å². The van der Waals surface area contributed by atoms with E-state index in [1.54, 1.807) is 18.8 Å². The maximum Gasteiger partial charge on any atom is 0.319 e. The van der Waals surface area contributed by atoms with Crippen LogP contribution in [0.5, 0.6) is 0 Å². The van der Waals surface area contributed by atoms with Crippen LogP contribution in [0.15, 0.2) is 29.2 Å². The van der Waals surface area contributed by atoms with Crippen molar-refractivity contribution in [2.45, 2.75) is 11.3 Å². The van der Waals surface area contributed by atoms with Crippen LogP contribution in [0.1, 0.15) is 6.42 Å². The second kappa shape index (κ2) is 8.00. The number of carbonyl (C=O) groups excluding carboxylic acids is 1. The van der Waals surface area contributed by atoms with Gasteiger partial charge in [0.1, 0.15) is 0 Å². The summed E-state index contributed by atoms with van der Waals surface area (Å²) < 4.78 is 0. The molecule has 0 heterocycles. The summed E-state index contributed by atoms with van der Waals surface area (Å²) in [6.45, 7) is 1.08. The SMILES string of the molecule is CN[14C](=O)Nc1ccccc1SCCCN(C)C. The molecule has 0 aliphatic carbocycles. The summed E-state index contributed by atoms with van der Waals surface area (Å²) >= 11 is 1.77. The predicted molar refractivity (Wildman–Crippen MR) is 78.4 cm³/mol. The molecule has 5 heteroatoms. The van der Waals surface area contributed by atoms with E-state index in [9.17, 15) is 4.79 Å². The predicted octanol–water partition coefficient (Wildman–Crippen LogP) is 2.48. The molecular formula is C13H21N3OS. The van der Waals surface area contributed by atoms with E-state index in [4.69, 9.17) is 0 Å². The van der Waals surface area contributed by atoms with Crippen molar-refractivity contribution in [3.05, 3.63) is 24.3 Å². The highest BCUT2D eigenvalue weighted by atomic mass is 32.2. The molecule has 1 rings (SSSR count). The summed E-state index contributed by atoms with van der Waals surface area (Å²) in [5.41, 5.74) is 0.867. The molecule has 2 amide bonds. The lowest BCUT2D eigenvalue weighted by atomic mass is 10.3. The number of nitrogens with zero attached hydrogens (tertiary/aromatic N) is 1. The molecule has 0 unspecified atom stereocenters. The molecular weight excluding hydrogens is 248 g/mol. The minimum absolute atomic E-state index is 0.184. The van der Waals surface area contributed by atoms with E-state index in [2.05, 4.69) is 29.6 Å². The number of amides is 2. The Morgan fingerprint density at radius 3 is 2.72 bits per heavy atom. The van der Waals surface area contributed by atoms with Crippen molar-refractivity contribution in [1.82, 2.24) is 10.2 Å². The molecule has 0 aromatic heterocycles. The molecule has 100 valence electrons. The Morgan fingerprint density at radius 2 is 2.06 bits per heavy atom. The second-order valence-electron chi connectivity index (χ2n) is 4.21. The third kappa shape index (κ3) is 5.42. The summed E-state index contributed by atoms with van der Waals surface area (Å²) in [4.78, 5) is 14.6. The molecule has 1 aromatic rings. The first-order chi connectivity index (χ1) is 8.63. The van der Waals surface area contributed by atoms with Gasteiger partial charge in [-0.05, 0) is 44.9 Å². The van der Waals surface area contributed by atoms with Gasteiger partial charge >= 0.3 is 6.03 Å². The van der Waals surface area contributed by atoms with E-state index in [0.29, 0.717) is 0 Å². The first-order valence-corrected chi connectivity index (χ1v) is 6.97. The van der Waals surface area contributed by atoms with Gasteiger partial charge in [-0.25, -0.2) is 4.79 Å². The van der Waals surface area contributed by atoms with Gasteiger partial charge < -0.3 is 15.5 Å². The van der Waals surface area contributed by atoms with Gasteiger partial charge in [0.05, 0.1) is 5.69 Å². The van der Waals surface area contributed by atoms with E-state index < -0.39 is 0 Å². The number of hydrogen-bond acceptors (Lipinski definition) is 3. The van der Waals surface area contributed by atoms with Gasteiger partial charge in [0.2, 0.25) is 0 Å². The van der Waals surface area contributed by atoms with E-state index >= 15 is 0 Å². The van der Waals surface area contributed by atoms with Crippen molar-refractivity contribution in [1.29, 1.82) is 0 Å². The monoisotopic (exact) mass is 269 g/mol. The zero-order valence-corrected chi connectivity index (χ0v) is 12.0. The number of carbonyl (C=O) groups is 1. The molecule has 18 heavy (non-hydrogen) atoms.